The molecule has 2 atom stereocenters. The average Bonchev–Trinajstić information content (AvgIpc) is 2.21. The Morgan fingerprint density at radius 2 is 2.24 bits per heavy atom. The number of halogens is 1. The monoisotopic (exact) mass is 260 g/mol. The molecule has 1 aromatic carbocycles. The topological polar surface area (TPSA) is 81.4 Å². The van der Waals surface area contributed by atoms with Crippen LogP contribution in [0.5, 0.6) is 5.75 Å². The van der Waals surface area contributed by atoms with Gasteiger partial charge < -0.3 is 4.74 Å². The van der Waals surface area contributed by atoms with Crippen LogP contribution in [0.1, 0.15) is 18.5 Å². The molecule has 0 fully saturated rings. The van der Waals surface area contributed by atoms with Crippen LogP contribution < -0.4 is 14.6 Å². The van der Waals surface area contributed by atoms with Gasteiger partial charge in [0.05, 0.1) is 12.6 Å². The standard InChI is InChI=1S/C10H13FN2O3S/c1-6-5-16-9-4-7(11)2-3-8(9)10(6)13-17(12,14)15/h2-4,6,10,13H,5H2,1H3,(H2,12,14,15)/t6-,10-/m1/s1. The fraction of sp³-hybridized carbons (Fsp3) is 0.400. The van der Waals surface area contributed by atoms with Crippen LogP contribution in [0.3, 0.4) is 0 Å². The molecule has 0 bridgehead atoms. The van der Waals surface area contributed by atoms with Crippen molar-refractivity contribution in [3.8, 4) is 5.75 Å². The lowest BCUT2D eigenvalue weighted by Gasteiger charge is -2.31. The highest BCUT2D eigenvalue weighted by molar-refractivity contribution is 7.87. The lowest BCUT2D eigenvalue weighted by Crippen LogP contribution is -2.40. The van der Waals surface area contributed by atoms with Gasteiger partial charge in [-0.3, -0.25) is 0 Å². The van der Waals surface area contributed by atoms with Crippen molar-refractivity contribution in [2.75, 3.05) is 6.61 Å². The minimum atomic E-state index is -3.81. The van der Waals surface area contributed by atoms with Crippen LogP contribution in [-0.4, -0.2) is 15.0 Å². The van der Waals surface area contributed by atoms with Gasteiger partial charge in [0.1, 0.15) is 11.6 Å². The minimum absolute atomic E-state index is 0.0775. The number of hydrogen-bond acceptors (Lipinski definition) is 3. The number of benzene rings is 1. The molecule has 1 aromatic rings. The van der Waals surface area contributed by atoms with E-state index in [0.29, 0.717) is 17.9 Å². The zero-order chi connectivity index (χ0) is 12.6. The van der Waals surface area contributed by atoms with Crippen LogP contribution in [0, 0.1) is 11.7 Å². The summed E-state index contributed by atoms with van der Waals surface area (Å²) in [5.74, 6) is -0.150. The molecule has 0 aromatic heterocycles. The van der Waals surface area contributed by atoms with Gasteiger partial charge in [0.15, 0.2) is 0 Å². The van der Waals surface area contributed by atoms with Crippen molar-refractivity contribution in [1.29, 1.82) is 0 Å². The van der Waals surface area contributed by atoms with Crippen molar-refractivity contribution in [2.45, 2.75) is 13.0 Å². The largest absolute Gasteiger partial charge is 0.493 e. The molecule has 1 aliphatic heterocycles. The van der Waals surface area contributed by atoms with Crippen molar-refractivity contribution in [2.24, 2.45) is 11.1 Å². The smallest absolute Gasteiger partial charge is 0.274 e. The third-order valence-electron chi connectivity index (χ3n) is 2.67. The molecular formula is C10H13FN2O3S. The summed E-state index contributed by atoms with van der Waals surface area (Å²) in [6.45, 7) is 2.14. The second kappa shape index (κ2) is 4.25. The maximum absolute atomic E-state index is 13.0. The number of hydrogen-bond donors (Lipinski definition) is 2. The van der Waals surface area contributed by atoms with Crippen LogP contribution in [0.15, 0.2) is 18.2 Å². The predicted molar refractivity (Wildman–Crippen MR) is 60.0 cm³/mol. The Morgan fingerprint density at radius 3 is 2.88 bits per heavy atom. The molecule has 17 heavy (non-hydrogen) atoms. The fourth-order valence-electron chi connectivity index (χ4n) is 1.87. The molecule has 2 rings (SSSR count). The Morgan fingerprint density at radius 1 is 1.53 bits per heavy atom. The molecule has 0 amide bonds. The summed E-state index contributed by atoms with van der Waals surface area (Å²) < 4.78 is 42.8. The van der Waals surface area contributed by atoms with Gasteiger partial charge in [0, 0.05) is 17.5 Å². The predicted octanol–water partition coefficient (Wildman–Crippen LogP) is 0.688. The molecule has 1 heterocycles. The highest BCUT2D eigenvalue weighted by atomic mass is 32.2. The van der Waals surface area contributed by atoms with E-state index in [9.17, 15) is 12.8 Å². The van der Waals surface area contributed by atoms with E-state index in [0.717, 1.165) is 0 Å². The molecule has 0 aliphatic carbocycles. The van der Waals surface area contributed by atoms with Crippen LogP contribution in [-0.2, 0) is 10.2 Å². The molecular weight excluding hydrogens is 247 g/mol. The molecule has 0 saturated heterocycles. The van der Waals surface area contributed by atoms with Gasteiger partial charge >= 0.3 is 0 Å². The minimum Gasteiger partial charge on any atom is -0.493 e. The van der Waals surface area contributed by atoms with Crippen LogP contribution in [0.2, 0.25) is 0 Å². The quantitative estimate of drug-likeness (QED) is 0.820. The van der Waals surface area contributed by atoms with Gasteiger partial charge in [-0.1, -0.05) is 13.0 Å². The molecule has 5 nitrogen and oxygen atoms in total. The van der Waals surface area contributed by atoms with Gasteiger partial charge in [-0.05, 0) is 6.07 Å². The first-order chi connectivity index (χ1) is 7.87. The second-order valence-corrected chi connectivity index (χ2v) is 5.44. The fourth-order valence-corrected chi connectivity index (χ4v) is 2.58. The number of rotatable bonds is 2. The Hall–Kier alpha value is -1.18. The Kier molecular flexibility index (Phi) is 3.07. The van der Waals surface area contributed by atoms with Crippen molar-refractivity contribution >= 4 is 10.2 Å². The zero-order valence-electron chi connectivity index (χ0n) is 9.18. The number of nitrogens with two attached hydrogens (primary N) is 1. The molecule has 0 spiro atoms. The maximum atomic E-state index is 13.0. The van der Waals surface area contributed by atoms with Crippen molar-refractivity contribution in [1.82, 2.24) is 4.72 Å². The van der Waals surface area contributed by atoms with E-state index in [4.69, 9.17) is 9.88 Å². The molecule has 0 saturated carbocycles. The zero-order valence-corrected chi connectivity index (χ0v) is 10.00. The van der Waals surface area contributed by atoms with Gasteiger partial charge in [0.2, 0.25) is 0 Å². The molecule has 94 valence electrons. The average molecular weight is 260 g/mol. The number of nitrogens with one attached hydrogen (secondary N) is 1. The second-order valence-electron chi connectivity index (χ2n) is 4.11. The molecule has 7 heteroatoms. The molecule has 3 N–H and O–H groups in total. The summed E-state index contributed by atoms with van der Waals surface area (Å²) in [5.41, 5.74) is 0.596. The summed E-state index contributed by atoms with van der Waals surface area (Å²) in [6.07, 6.45) is 0. The first kappa shape index (κ1) is 12.3. The summed E-state index contributed by atoms with van der Waals surface area (Å²) in [7, 11) is -3.81. The van der Waals surface area contributed by atoms with E-state index >= 15 is 0 Å². The van der Waals surface area contributed by atoms with Crippen LogP contribution in [0.4, 0.5) is 4.39 Å². The van der Waals surface area contributed by atoms with Crippen molar-refractivity contribution in [3.05, 3.63) is 29.6 Å². The third-order valence-corrected chi connectivity index (χ3v) is 3.26. The van der Waals surface area contributed by atoms with Gasteiger partial charge in [0.25, 0.3) is 10.2 Å². The van der Waals surface area contributed by atoms with Gasteiger partial charge in [-0.2, -0.15) is 13.1 Å². The van der Waals surface area contributed by atoms with Gasteiger partial charge in [-0.25, -0.2) is 9.53 Å². The van der Waals surface area contributed by atoms with E-state index < -0.39 is 22.1 Å². The summed E-state index contributed by atoms with van der Waals surface area (Å²) in [5, 5.41) is 4.96. The lowest BCUT2D eigenvalue weighted by molar-refractivity contribution is 0.199. The van der Waals surface area contributed by atoms with E-state index in [1.807, 2.05) is 6.92 Å². The summed E-state index contributed by atoms with van der Waals surface area (Å²) in [4.78, 5) is 0. The lowest BCUT2D eigenvalue weighted by atomic mass is 9.93. The van der Waals surface area contributed by atoms with E-state index in [-0.39, 0.29) is 5.92 Å². The Bertz CT molecular complexity index is 532. The van der Waals surface area contributed by atoms with Crippen LogP contribution >= 0.6 is 0 Å². The van der Waals surface area contributed by atoms with E-state index in [1.165, 1.54) is 18.2 Å². The van der Waals surface area contributed by atoms with Crippen molar-refractivity contribution < 1.29 is 17.5 Å². The van der Waals surface area contributed by atoms with E-state index in [1.54, 1.807) is 0 Å². The summed E-state index contributed by atoms with van der Waals surface area (Å²) >= 11 is 0. The molecule has 0 unspecified atom stereocenters. The molecule has 0 radical (unpaired) electrons. The normalized spacial score (nSPS) is 23.9. The highest BCUT2D eigenvalue weighted by Crippen LogP contribution is 2.35. The first-order valence-corrected chi connectivity index (χ1v) is 6.64. The highest BCUT2D eigenvalue weighted by Gasteiger charge is 2.30. The maximum Gasteiger partial charge on any atom is 0.274 e. The Balaban J connectivity index is 2.40. The number of ether oxygens (including phenoxy) is 1. The SMILES string of the molecule is C[C@@H]1COc2cc(F)ccc2[C@@H]1NS(N)(=O)=O. The van der Waals surface area contributed by atoms with Crippen LogP contribution in [0.25, 0.3) is 0 Å². The number of fused-ring (bicyclic) bond motifs is 1. The van der Waals surface area contributed by atoms with E-state index in [2.05, 4.69) is 4.72 Å². The van der Waals surface area contributed by atoms with Gasteiger partial charge in [-0.15, -0.1) is 0 Å². The Labute approximate surface area is 99.0 Å². The first-order valence-electron chi connectivity index (χ1n) is 5.09. The molecule has 1 aliphatic rings. The third kappa shape index (κ3) is 2.74. The summed E-state index contributed by atoms with van der Waals surface area (Å²) in [6, 6.07) is 3.51. The van der Waals surface area contributed by atoms with Crippen molar-refractivity contribution in [3.63, 3.8) is 0 Å².